The standard InChI is InChI=1S/C13H21NO/c1-3-11-5-6-12(15-11)9-14-10-13(2)7-4-8-13/h5-6,14H,3-4,7-10H2,1-2H3. The first-order chi connectivity index (χ1) is 7.22. The lowest BCUT2D eigenvalue weighted by Crippen LogP contribution is -2.36. The van der Waals surface area contributed by atoms with Gasteiger partial charge in [-0.15, -0.1) is 0 Å². The Bertz CT molecular complexity index is 312. The maximum atomic E-state index is 5.64. The summed E-state index contributed by atoms with van der Waals surface area (Å²) in [5, 5.41) is 3.49. The molecule has 1 aromatic heterocycles. The van der Waals surface area contributed by atoms with Gasteiger partial charge in [-0.25, -0.2) is 0 Å². The predicted octanol–water partition coefficient (Wildman–Crippen LogP) is 3.12. The number of nitrogens with one attached hydrogen (secondary N) is 1. The van der Waals surface area contributed by atoms with Gasteiger partial charge in [0.1, 0.15) is 11.5 Å². The van der Waals surface area contributed by atoms with Crippen molar-refractivity contribution in [1.82, 2.24) is 5.32 Å². The SMILES string of the molecule is CCc1ccc(CNCC2(C)CCC2)o1. The molecule has 0 amide bonds. The van der Waals surface area contributed by atoms with Gasteiger partial charge < -0.3 is 9.73 Å². The molecule has 1 N–H and O–H groups in total. The topological polar surface area (TPSA) is 25.2 Å². The summed E-state index contributed by atoms with van der Waals surface area (Å²) in [6, 6.07) is 4.15. The van der Waals surface area contributed by atoms with Crippen LogP contribution in [0.1, 0.15) is 44.6 Å². The third-order valence-corrected chi connectivity index (χ3v) is 3.48. The van der Waals surface area contributed by atoms with Crippen LogP contribution in [0, 0.1) is 5.41 Å². The van der Waals surface area contributed by atoms with Crippen LogP contribution in [-0.4, -0.2) is 6.54 Å². The monoisotopic (exact) mass is 207 g/mol. The molecule has 1 fully saturated rings. The smallest absolute Gasteiger partial charge is 0.117 e. The first kappa shape index (κ1) is 10.7. The average Bonchev–Trinajstić information content (AvgIpc) is 2.63. The van der Waals surface area contributed by atoms with Crippen molar-refractivity contribution in [2.24, 2.45) is 5.41 Å². The van der Waals surface area contributed by atoms with Gasteiger partial charge >= 0.3 is 0 Å². The Kier molecular flexibility index (Phi) is 3.15. The number of hydrogen-bond acceptors (Lipinski definition) is 2. The van der Waals surface area contributed by atoms with Crippen LogP contribution in [0.3, 0.4) is 0 Å². The fraction of sp³-hybridized carbons (Fsp3) is 0.692. The molecule has 0 aromatic carbocycles. The van der Waals surface area contributed by atoms with E-state index in [4.69, 9.17) is 4.42 Å². The molecule has 15 heavy (non-hydrogen) atoms. The van der Waals surface area contributed by atoms with Gasteiger partial charge in [0.05, 0.1) is 6.54 Å². The largest absolute Gasteiger partial charge is 0.465 e. The summed E-state index contributed by atoms with van der Waals surface area (Å²) in [6.45, 7) is 6.47. The van der Waals surface area contributed by atoms with Crippen LogP contribution in [-0.2, 0) is 13.0 Å². The molecule has 0 bridgehead atoms. The van der Waals surface area contributed by atoms with Crippen molar-refractivity contribution in [3.8, 4) is 0 Å². The lowest BCUT2D eigenvalue weighted by Gasteiger charge is -2.38. The van der Waals surface area contributed by atoms with E-state index in [-0.39, 0.29) is 0 Å². The van der Waals surface area contributed by atoms with Crippen molar-refractivity contribution in [2.75, 3.05) is 6.54 Å². The molecule has 0 atom stereocenters. The highest BCUT2D eigenvalue weighted by atomic mass is 16.3. The van der Waals surface area contributed by atoms with Gasteiger partial charge in [-0.05, 0) is 30.4 Å². The molecule has 2 rings (SSSR count). The Balaban J connectivity index is 1.73. The van der Waals surface area contributed by atoms with Gasteiger partial charge in [0.15, 0.2) is 0 Å². The van der Waals surface area contributed by atoms with Crippen molar-refractivity contribution in [3.63, 3.8) is 0 Å². The summed E-state index contributed by atoms with van der Waals surface area (Å²) in [4.78, 5) is 0. The van der Waals surface area contributed by atoms with Gasteiger partial charge in [-0.3, -0.25) is 0 Å². The average molecular weight is 207 g/mol. The highest BCUT2D eigenvalue weighted by Crippen LogP contribution is 2.39. The van der Waals surface area contributed by atoms with Crippen LogP contribution in [0.15, 0.2) is 16.5 Å². The van der Waals surface area contributed by atoms with E-state index in [0.29, 0.717) is 5.41 Å². The molecule has 1 aromatic rings. The third-order valence-electron chi connectivity index (χ3n) is 3.48. The van der Waals surface area contributed by atoms with Gasteiger partial charge in [0, 0.05) is 13.0 Å². The highest BCUT2D eigenvalue weighted by molar-refractivity contribution is 5.06. The molecule has 0 radical (unpaired) electrons. The molecule has 0 aliphatic heterocycles. The molecular weight excluding hydrogens is 186 g/mol. The molecule has 1 saturated carbocycles. The van der Waals surface area contributed by atoms with E-state index in [1.54, 1.807) is 0 Å². The van der Waals surface area contributed by atoms with Crippen LogP contribution in [0.2, 0.25) is 0 Å². The third kappa shape index (κ3) is 2.63. The Morgan fingerprint density at radius 1 is 1.33 bits per heavy atom. The van der Waals surface area contributed by atoms with Crippen LogP contribution in [0.25, 0.3) is 0 Å². The number of rotatable bonds is 5. The summed E-state index contributed by atoms with van der Waals surface area (Å²) >= 11 is 0. The van der Waals surface area contributed by atoms with Crippen molar-refractivity contribution in [1.29, 1.82) is 0 Å². The molecule has 1 heterocycles. The normalized spacial score (nSPS) is 18.8. The summed E-state index contributed by atoms with van der Waals surface area (Å²) in [5.74, 6) is 2.15. The molecule has 1 aliphatic rings. The minimum Gasteiger partial charge on any atom is -0.465 e. The zero-order chi connectivity index (χ0) is 10.7. The van der Waals surface area contributed by atoms with Gasteiger partial charge in [0.25, 0.3) is 0 Å². The summed E-state index contributed by atoms with van der Waals surface area (Å²) in [7, 11) is 0. The van der Waals surface area contributed by atoms with E-state index >= 15 is 0 Å². The molecule has 84 valence electrons. The molecule has 0 saturated heterocycles. The summed E-state index contributed by atoms with van der Waals surface area (Å²) in [6.07, 6.45) is 5.13. The van der Waals surface area contributed by atoms with E-state index in [1.807, 2.05) is 0 Å². The Hall–Kier alpha value is -0.760. The lowest BCUT2D eigenvalue weighted by atomic mass is 9.70. The number of aryl methyl sites for hydroxylation is 1. The quantitative estimate of drug-likeness (QED) is 0.802. The lowest BCUT2D eigenvalue weighted by molar-refractivity contribution is 0.155. The molecule has 1 aliphatic carbocycles. The molecular formula is C13H21NO. The summed E-state index contributed by atoms with van der Waals surface area (Å²) in [5.41, 5.74) is 0.556. The second-order valence-electron chi connectivity index (χ2n) is 4.99. The predicted molar refractivity (Wildman–Crippen MR) is 61.8 cm³/mol. The molecule has 0 unspecified atom stereocenters. The van der Waals surface area contributed by atoms with Gasteiger partial charge in [-0.1, -0.05) is 20.3 Å². The fourth-order valence-electron chi connectivity index (χ4n) is 2.15. The van der Waals surface area contributed by atoms with Crippen molar-refractivity contribution >= 4 is 0 Å². The zero-order valence-corrected chi connectivity index (χ0v) is 9.81. The first-order valence-corrected chi connectivity index (χ1v) is 6.00. The summed E-state index contributed by atoms with van der Waals surface area (Å²) < 4.78 is 5.64. The molecule has 2 nitrogen and oxygen atoms in total. The van der Waals surface area contributed by atoms with E-state index < -0.39 is 0 Å². The van der Waals surface area contributed by atoms with E-state index in [0.717, 1.165) is 31.0 Å². The van der Waals surface area contributed by atoms with Crippen LogP contribution < -0.4 is 5.32 Å². The van der Waals surface area contributed by atoms with Gasteiger partial charge in [-0.2, -0.15) is 0 Å². The van der Waals surface area contributed by atoms with Gasteiger partial charge in [0.2, 0.25) is 0 Å². The van der Waals surface area contributed by atoms with Crippen LogP contribution in [0.4, 0.5) is 0 Å². The van der Waals surface area contributed by atoms with E-state index in [1.165, 1.54) is 19.3 Å². The minimum atomic E-state index is 0.556. The second-order valence-corrected chi connectivity index (χ2v) is 4.99. The Morgan fingerprint density at radius 3 is 2.60 bits per heavy atom. The zero-order valence-electron chi connectivity index (χ0n) is 9.81. The maximum absolute atomic E-state index is 5.64. The van der Waals surface area contributed by atoms with Crippen LogP contribution in [0.5, 0.6) is 0 Å². The Labute approximate surface area is 92.1 Å². The highest BCUT2D eigenvalue weighted by Gasteiger charge is 2.30. The fourth-order valence-corrected chi connectivity index (χ4v) is 2.15. The van der Waals surface area contributed by atoms with Crippen molar-refractivity contribution in [3.05, 3.63) is 23.7 Å². The molecule has 0 spiro atoms. The first-order valence-electron chi connectivity index (χ1n) is 6.00. The number of hydrogen-bond donors (Lipinski definition) is 1. The minimum absolute atomic E-state index is 0.556. The molecule has 2 heteroatoms. The number of furan rings is 1. The van der Waals surface area contributed by atoms with E-state index in [9.17, 15) is 0 Å². The van der Waals surface area contributed by atoms with Crippen molar-refractivity contribution < 1.29 is 4.42 Å². The van der Waals surface area contributed by atoms with Crippen LogP contribution >= 0.6 is 0 Å². The second kappa shape index (κ2) is 4.40. The van der Waals surface area contributed by atoms with Crippen molar-refractivity contribution in [2.45, 2.75) is 46.1 Å². The Morgan fingerprint density at radius 2 is 2.07 bits per heavy atom. The maximum Gasteiger partial charge on any atom is 0.117 e. The van der Waals surface area contributed by atoms with E-state index in [2.05, 4.69) is 31.3 Å².